The number of ketones is 1. The Balaban J connectivity index is 2.07. The highest BCUT2D eigenvalue weighted by Crippen LogP contribution is 2.21. The topological polar surface area (TPSA) is 63.7 Å². The van der Waals surface area contributed by atoms with Gasteiger partial charge in [-0.25, -0.2) is 8.42 Å². The van der Waals surface area contributed by atoms with Crippen molar-refractivity contribution >= 4 is 15.8 Å². The molecule has 16 heavy (non-hydrogen) atoms. The van der Waals surface area contributed by atoms with Gasteiger partial charge in [0.1, 0.15) is 5.78 Å². The van der Waals surface area contributed by atoms with Gasteiger partial charge in [-0.2, -0.15) is 4.31 Å². The van der Waals surface area contributed by atoms with Crippen LogP contribution < -0.4 is 0 Å². The zero-order valence-electron chi connectivity index (χ0n) is 9.22. The molecule has 2 saturated heterocycles. The lowest BCUT2D eigenvalue weighted by atomic mass is 10.1. The number of rotatable bonds is 2. The first kappa shape index (κ1) is 12.0. The molecule has 2 fully saturated rings. The predicted octanol–water partition coefficient (Wildman–Crippen LogP) is 0.160. The maximum absolute atomic E-state index is 12.2. The van der Waals surface area contributed by atoms with Crippen molar-refractivity contribution in [1.82, 2.24) is 4.31 Å². The summed E-state index contributed by atoms with van der Waals surface area (Å²) in [4.78, 5) is 11.3. The Kier molecular flexibility index (Phi) is 3.61. The highest BCUT2D eigenvalue weighted by molar-refractivity contribution is 7.89. The van der Waals surface area contributed by atoms with E-state index in [1.165, 1.54) is 4.31 Å². The molecular weight excluding hydrogens is 230 g/mol. The van der Waals surface area contributed by atoms with E-state index < -0.39 is 10.0 Å². The Bertz CT molecular complexity index is 359. The molecule has 0 atom stereocenters. The summed E-state index contributed by atoms with van der Waals surface area (Å²) in [6, 6.07) is 0. The average Bonchev–Trinajstić information content (AvgIpc) is 2.30. The van der Waals surface area contributed by atoms with E-state index >= 15 is 0 Å². The summed E-state index contributed by atoms with van der Waals surface area (Å²) in [5.41, 5.74) is 0. The molecule has 0 spiro atoms. The third-order valence-electron chi connectivity index (χ3n) is 3.17. The van der Waals surface area contributed by atoms with Crippen LogP contribution in [0.2, 0.25) is 0 Å². The highest BCUT2D eigenvalue weighted by atomic mass is 32.2. The van der Waals surface area contributed by atoms with Crippen LogP contribution in [0.25, 0.3) is 0 Å². The fourth-order valence-corrected chi connectivity index (χ4v) is 4.13. The van der Waals surface area contributed by atoms with E-state index in [2.05, 4.69) is 0 Å². The lowest BCUT2D eigenvalue weighted by molar-refractivity contribution is -0.120. The number of ether oxygens (including phenoxy) is 1. The molecule has 2 aliphatic heterocycles. The first-order valence-electron chi connectivity index (χ1n) is 5.69. The van der Waals surface area contributed by atoms with Crippen molar-refractivity contribution in [2.75, 3.05) is 26.3 Å². The Labute approximate surface area is 95.8 Å². The van der Waals surface area contributed by atoms with Gasteiger partial charge in [-0.3, -0.25) is 4.79 Å². The quantitative estimate of drug-likeness (QED) is 0.697. The normalized spacial score (nSPS) is 25.9. The molecule has 0 radical (unpaired) electrons. The summed E-state index contributed by atoms with van der Waals surface area (Å²) in [6.45, 7) is 1.57. The second-order valence-electron chi connectivity index (χ2n) is 4.33. The SMILES string of the molecule is O=C1CCCN(S(=O)(=O)C2CCOCC2)C1. The lowest BCUT2D eigenvalue weighted by Crippen LogP contribution is -2.46. The van der Waals surface area contributed by atoms with Crippen molar-refractivity contribution < 1.29 is 17.9 Å². The molecule has 0 saturated carbocycles. The monoisotopic (exact) mass is 247 g/mol. The largest absolute Gasteiger partial charge is 0.381 e. The molecule has 6 heteroatoms. The van der Waals surface area contributed by atoms with Crippen molar-refractivity contribution in [3.05, 3.63) is 0 Å². The Morgan fingerprint density at radius 3 is 2.56 bits per heavy atom. The molecule has 2 aliphatic rings. The average molecular weight is 247 g/mol. The van der Waals surface area contributed by atoms with Gasteiger partial charge in [-0.1, -0.05) is 0 Å². The van der Waals surface area contributed by atoms with Crippen LogP contribution in [0.4, 0.5) is 0 Å². The Morgan fingerprint density at radius 2 is 1.94 bits per heavy atom. The van der Waals surface area contributed by atoms with Crippen LogP contribution in [-0.4, -0.2) is 50.1 Å². The molecule has 5 nitrogen and oxygen atoms in total. The Morgan fingerprint density at radius 1 is 1.25 bits per heavy atom. The summed E-state index contributed by atoms with van der Waals surface area (Å²) in [7, 11) is -3.29. The number of hydrogen-bond acceptors (Lipinski definition) is 4. The molecule has 2 rings (SSSR count). The van der Waals surface area contributed by atoms with Crippen molar-refractivity contribution in [2.24, 2.45) is 0 Å². The number of carbonyl (C=O) groups is 1. The van der Waals surface area contributed by atoms with E-state index in [9.17, 15) is 13.2 Å². The molecule has 0 bridgehead atoms. The van der Waals surface area contributed by atoms with Gasteiger partial charge in [-0.15, -0.1) is 0 Å². The van der Waals surface area contributed by atoms with E-state index in [0.29, 0.717) is 45.4 Å². The van der Waals surface area contributed by atoms with E-state index in [1.54, 1.807) is 0 Å². The minimum atomic E-state index is -3.29. The molecule has 92 valence electrons. The fraction of sp³-hybridized carbons (Fsp3) is 0.900. The number of carbonyl (C=O) groups excluding carboxylic acids is 1. The minimum absolute atomic E-state index is 0.0295. The standard InChI is InChI=1S/C10H17NO4S/c12-9-2-1-5-11(8-9)16(13,14)10-3-6-15-7-4-10/h10H,1-8H2. The van der Waals surface area contributed by atoms with Crippen molar-refractivity contribution in [2.45, 2.75) is 30.9 Å². The number of nitrogens with zero attached hydrogens (tertiary/aromatic N) is 1. The molecule has 0 aromatic heterocycles. The van der Waals surface area contributed by atoms with Gasteiger partial charge < -0.3 is 4.74 Å². The van der Waals surface area contributed by atoms with Crippen LogP contribution >= 0.6 is 0 Å². The third kappa shape index (κ3) is 2.44. The van der Waals surface area contributed by atoms with Crippen LogP contribution in [0.1, 0.15) is 25.7 Å². The first-order chi connectivity index (χ1) is 7.60. The van der Waals surface area contributed by atoms with E-state index in [4.69, 9.17) is 4.74 Å². The van der Waals surface area contributed by atoms with Crippen LogP contribution in [0.15, 0.2) is 0 Å². The molecule has 0 aromatic rings. The van der Waals surface area contributed by atoms with Gasteiger partial charge in [0.2, 0.25) is 10.0 Å². The van der Waals surface area contributed by atoms with Crippen LogP contribution in [0.5, 0.6) is 0 Å². The molecule has 0 aliphatic carbocycles. The van der Waals surface area contributed by atoms with E-state index in [-0.39, 0.29) is 17.6 Å². The maximum atomic E-state index is 12.2. The van der Waals surface area contributed by atoms with Gasteiger partial charge in [0.05, 0.1) is 11.8 Å². The van der Waals surface area contributed by atoms with Crippen molar-refractivity contribution in [1.29, 1.82) is 0 Å². The number of hydrogen-bond donors (Lipinski definition) is 0. The predicted molar refractivity (Wildman–Crippen MR) is 58.6 cm³/mol. The summed E-state index contributed by atoms with van der Waals surface area (Å²) in [6.07, 6.45) is 2.27. The fourth-order valence-electron chi connectivity index (χ4n) is 2.21. The lowest BCUT2D eigenvalue weighted by Gasteiger charge is -2.31. The molecule has 0 unspecified atom stereocenters. The van der Waals surface area contributed by atoms with Crippen LogP contribution in [0, 0.1) is 0 Å². The summed E-state index contributed by atoms with van der Waals surface area (Å²) in [5, 5.41) is -0.354. The van der Waals surface area contributed by atoms with E-state index in [0.717, 1.165) is 0 Å². The van der Waals surface area contributed by atoms with Gasteiger partial charge in [0, 0.05) is 26.2 Å². The molecule has 0 N–H and O–H groups in total. The van der Waals surface area contributed by atoms with Crippen molar-refractivity contribution in [3.63, 3.8) is 0 Å². The van der Waals surface area contributed by atoms with Crippen LogP contribution in [-0.2, 0) is 19.6 Å². The number of sulfonamides is 1. The van der Waals surface area contributed by atoms with Gasteiger partial charge in [0.25, 0.3) is 0 Å². The maximum Gasteiger partial charge on any atom is 0.217 e. The second-order valence-corrected chi connectivity index (χ2v) is 6.55. The molecule has 0 aromatic carbocycles. The van der Waals surface area contributed by atoms with Gasteiger partial charge in [-0.05, 0) is 19.3 Å². The molecule has 0 amide bonds. The summed E-state index contributed by atoms with van der Waals surface area (Å²) < 4.78 is 30.9. The van der Waals surface area contributed by atoms with Crippen LogP contribution in [0.3, 0.4) is 0 Å². The molecular formula is C10H17NO4S. The zero-order valence-corrected chi connectivity index (χ0v) is 10.0. The zero-order chi connectivity index (χ0) is 11.6. The highest BCUT2D eigenvalue weighted by Gasteiger charge is 2.35. The third-order valence-corrected chi connectivity index (χ3v) is 5.51. The van der Waals surface area contributed by atoms with Gasteiger partial charge in [0.15, 0.2) is 0 Å². The first-order valence-corrected chi connectivity index (χ1v) is 7.19. The number of Topliss-reactive ketones (excluding diaryl/α,β-unsaturated/α-hetero) is 1. The summed E-state index contributed by atoms with van der Waals surface area (Å²) >= 11 is 0. The number of piperidine rings is 1. The molecule has 2 heterocycles. The smallest absolute Gasteiger partial charge is 0.217 e. The second kappa shape index (κ2) is 4.81. The van der Waals surface area contributed by atoms with Crippen molar-refractivity contribution in [3.8, 4) is 0 Å². The summed E-state index contributed by atoms with van der Waals surface area (Å²) in [5.74, 6) is 0.0295. The Hall–Kier alpha value is -0.460. The minimum Gasteiger partial charge on any atom is -0.381 e. The van der Waals surface area contributed by atoms with Gasteiger partial charge >= 0.3 is 0 Å². The van der Waals surface area contributed by atoms with E-state index in [1.807, 2.05) is 0 Å².